The topological polar surface area (TPSA) is 96.0 Å². The van der Waals surface area contributed by atoms with Gasteiger partial charge in [-0.3, -0.25) is 4.90 Å². The third-order valence-corrected chi connectivity index (χ3v) is 4.34. The molecule has 3 aromatic rings. The minimum absolute atomic E-state index is 0.158. The molecule has 1 aliphatic heterocycles. The van der Waals surface area contributed by atoms with Crippen molar-refractivity contribution in [1.82, 2.24) is 20.4 Å². The van der Waals surface area contributed by atoms with Crippen LogP contribution in [0.15, 0.2) is 42.7 Å². The van der Waals surface area contributed by atoms with Gasteiger partial charge < -0.3 is 10.1 Å². The van der Waals surface area contributed by atoms with E-state index in [9.17, 15) is 9.18 Å². The standard InChI is InChI=1S/C18H17FN6O2/c1-2-13-10-25(18(26)27-13)12-4-5-14(15(19)7-12)11-3-6-16(20-8-11)22-17-9-21-24-23-17/h3-9,13H,2,10H2,1H3,(H2,20,21,22,23,24)/t13-/m0/s1. The van der Waals surface area contributed by atoms with E-state index in [4.69, 9.17) is 4.74 Å². The zero-order valence-corrected chi connectivity index (χ0v) is 14.5. The lowest BCUT2D eigenvalue weighted by Crippen LogP contribution is -2.24. The Labute approximate surface area is 154 Å². The van der Waals surface area contributed by atoms with Crippen molar-refractivity contribution in [1.29, 1.82) is 0 Å². The third kappa shape index (κ3) is 3.43. The van der Waals surface area contributed by atoms with Crippen molar-refractivity contribution in [2.45, 2.75) is 19.4 Å². The fourth-order valence-corrected chi connectivity index (χ4v) is 2.87. The largest absolute Gasteiger partial charge is 0.444 e. The SMILES string of the molecule is CC[C@H]1CN(c2ccc(-c3ccc(Nc4cn[nH]n4)nc3)c(F)c2)C(=O)O1. The van der Waals surface area contributed by atoms with Gasteiger partial charge in [-0.15, -0.1) is 5.10 Å². The van der Waals surface area contributed by atoms with Crippen LogP contribution in [0, 0.1) is 5.82 Å². The summed E-state index contributed by atoms with van der Waals surface area (Å²) in [6, 6.07) is 8.17. The summed E-state index contributed by atoms with van der Waals surface area (Å²) < 4.78 is 19.9. The second kappa shape index (κ2) is 7.02. The van der Waals surface area contributed by atoms with Crippen LogP contribution >= 0.6 is 0 Å². The van der Waals surface area contributed by atoms with Crippen molar-refractivity contribution in [3.8, 4) is 11.1 Å². The number of hydrogen-bond acceptors (Lipinski definition) is 6. The molecule has 2 N–H and O–H groups in total. The molecule has 1 amide bonds. The van der Waals surface area contributed by atoms with Crippen LogP contribution in [0.1, 0.15) is 13.3 Å². The van der Waals surface area contributed by atoms with Crippen LogP contribution in [0.4, 0.5) is 26.5 Å². The van der Waals surface area contributed by atoms with Crippen molar-refractivity contribution in [3.63, 3.8) is 0 Å². The number of H-pyrrole nitrogens is 1. The summed E-state index contributed by atoms with van der Waals surface area (Å²) >= 11 is 0. The third-order valence-electron chi connectivity index (χ3n) is 4.34. The van der Waals surface area contributed by atoms with E-state index in [-0.39, 0.29) is 6.10 Å². The number of halogens is 1. The number of aromatic nitrogens is 4. The number of hydrogen-bond donors (Lipinski definition) is 2. The average molecular weight is 368 g/mol. The molecule has 1 fully saturated rings. The van der Waals surface area contributed by atoms with Crippen LogP contribution in [0.2, 0.25) is 0 Å². The molecule has 0 spiro atoms. The average Bonchev–Trinajstić information content (AvgIpc) is 3.32. The van der Waals surface area contributed by atoms with Gasteiger partial charge in [0.1, 0.15) is 17.7 Å². The summed E-state index contributed by atoms with van der Waals surface area (Å²) in [5.74, 6) is 0.669. The van der Waals surface area contributed by atoms with Crippen LogP contribution in [-0.4, -0.2) is 39.1 Å². The highest BCUT2D eigenvalue weighted by Crippen LogP contribution is 2.29. The summed E-state index contributed by atoms with van der Waals surface area (Å²) in [5, 5.41) is 13.0. The second-order valence-corrected chi connectivity index (χ2v) is 6.10. The number of carbonyl (C=O) groups is 1. The van der Waals surface area contributed by atoms with Crippen LogP contribution in [-0.2, 0) is 4.74 Å². The van der Waals surface area contributed by atoms with E-state index < -0.39 is 11.9 Å². The first-order valence-electron chi connectivity index (χ1n) is 8.51. The van der Waals surface area contributed by atoms with Gasteiger partial charge in [-0.05, 0) is 36.8 Å². The van der Waals surface area contributed by atoms with Gasteiger partial charge in [0.2, 0.25) is 0 Å². The number of benzene rings is 1. The fourth-order valence-electron chi connectivity index (χ4n) is 2.87. The van der Waals surface area contributed by atoms with E-state index in [1.807, 2.05) is 6.92 Å². The van der Waals surface area contributed by atoms with Gasteiger partial charge in [-0.1, -0.05) is 6.92 Å². The number of pyridine rings is 1. The van der Waals surface area contributed by atoms with Crippen molar-refractivity contribution in [3.05, 3.63) is 48.5 Å². The van der Waals surface area contributed by atoms with E-state index in [1.54, 1.807) is 30.5 Å². The zero-order valence-electron chi connectivity index (χ0n) is 14.5. The molecule has 1 aliphatic rings. The highest BCUT2D eigenvalue weighted by molar-refractivity contribution is 5.90. The Morgan fingerprint density at radius 1 is 1.30 bits per heavy atom. The number of anilines is 3. The van der Waals surface area contributed by atoms with E-state index in [0.717, 1.165) is 6.42 Å². The van der Waals surface area contributed by atoms with Crippen molar-refractivity contribution < 1.29 is 13.9 Å². The maximum Gasteiger partial charge on any atom is 0.414 e. The number of rotatable bonds is 5. The summed E-state index contributed by atoms with van der Waals surface area (Å²) in [6.07, 6.45) is 3.22. The molecular formula is C18H17FN6O2. The molecule has 0 saturated carbocycles. The van der Waals surface area contributed by atoms with E-state index in [0.29, 0.717) is 35.0 Å². The predicted molar refractivity (Wildman–Crippen MR) is 97.2 cm³/mol. The molecule has 3 heterocycles. The number of ether oxygens (including phenoxy) is 1. The summed E-state index contributed by atoms with van der Waals surface area (Å²) in [7, 11) is 0. The number of nitrogens with one attached hydrogen (secondary N) is 2. The Bertz CT molecular complexity index is 945. The molecule has 2 aromatic heterocycles. The Hall–Kier alpha value is -3.49. The summed E-state index contributed by atoms with van der Waals surface area (Å²) in [4.78, 5) is 17.6. The van der Waals surface area contributed by atoms with E-state index in [2.05, 4.69) is 25.7 Å². The van der Waals surface area contributed by atoms with Gasteiger partial charge in [0.05, 0.1) is 18.4 Å². The van der Waals surface area contributed by atoms with Crippen molar-refractivity contribution in [2.24, 2.45) is 0 Å². The zero-order chi connectivity index (χ0) is 18.8. The number of aromatic amines is 1. The number of nitrogens with zero attached hydrogens (tertiary/aromatic N) is 4. The molecule has 8 nitrogen and oxygen atoms in total. The van der Waals surface area contributed by atoms with Gasteiger partial charge in [0.25, 0.3) is 0 Å². The molecule has 1 atom stereocenters. The normalized spacial score (nSPS) is 16.4. The van der Waals surface area contributed by atoms with Gasteiger partial charge in [0.15, 0.2) is 5.82 Å². The maximum atomic E-state index is 14.7. The summed E-state index contributed by atoms with van der Waals surface area (Å²) in [6.45, 7) is 2.37. The minimum Gasteiger partial charge on any atom is -0.444 e. The molecule has 1 aromatic carbocycles. The highest BCUT2D eigenvalue weighted by Gasteiger charge is 2.31. The number of cyclic esters (lactones) is 1. The quantitative estimate of drug-likeness (QED) is 0.716. The monoisotopic (exact) mass is 368 g/mol. The van der Waals surface area contributed by atoms with Crippen molar-refractivity contribution >= 4 is 23.4 Å². The maximum absolute atomic E-state index is 14.7. The molecule has 0 bridgehead atoms. The van der Waals surface area contributed by atoms with E-state index in [1.165, 1.54) is 17.2 Å². The first-order valence-corrected chi connectivity index (χ1v) is 8.51. The second-order valence-electron chi connectivity index (χ2n) is 6.10. The van der Waals surface area contributed by atoms with Gasteiger partial charge in [-0.2, -0.15) is 10.3 Å². The minimum atomic E-state index is -0.445. The molecule has 4 rings (SSSR count). The Morgan fingerprint density at radius 2 is 2.19 bits per heavy atom. The first kappa shape index (κ1) is 17.0. The Balaban J connectivity index is 1.53. The van der Waals surface area contributed by atoms with Crippen LogP contribution in [0.3, 0.4) is 0 Å². The number of amides is 1. The lowest BCUT2D eigenvalue weighted by atomic mass is 10.1. The van der Waals surface area contributed by atoms with Crippen LogP contribution in [0.25, 0.3) is 11.1 Å². The molecule has 9 heteroatoms. The van der Waals surface area contributed by atoms with Crippen LogP contribution in [0.5, 0.6) is 0 Å². The number of carbonyl (C=O) groups excluding carboxylic acids is 1. The van der Waals surface area contributed by atoms with Gasteiger partial charge >= 0.3 is 6.09 Å². The van der Waals surface area contributed by atoms with Crippen molar-refractivity contribution in [2.75, 3.05) is 16.8 Å². The summed E-state index contributed by atoms with van der Waals surface area (Å²) in [5.41, 5.74) is 1.51. The molecule has 0 unspecified atom stereocenters. The molecular weight excluding hydrogens is 351 g/mol. The highest BCUT2D eigenvalue weighted by atomic mass is 19.1. The Kier molecular flexibility index (Phi) is 4.41. The molecule has 138 valence electrons. The van der Waals surface area contributed by atoms with Crippen LogP contribution < -0.4 is 10.2 Å². The smallest absolute Gasteiger partial charge is 0.414 e. The Morgan fingerprint density at radius 3 is 2.81 bits per heavy atom. The van der Waals surface area contributed by atoms with Gasteiger partial charge in [-0.25, -0.2) is 14.2 Å². The van der Waals surface area contributed by atoms with E-state index >= 15 is 0 Å². The molecule has 0 radical (unpaired) electrons. The fraction of sp³-hybridized carbons (Fsp3) is 0.222. The first-order chi connectivity index (χ1) is 13.1. The predicted octanol–water partition coefficient (Wildman–Crippen LogP) is 3.48. The molecule has 27 heavy (non-hydrogen) atoms. The molecule has 1 saturated heterocycles. The lowest BCUT2D eigenvalue weighted by Gasteiger charge is -2.14. The lowest BCUT2D eigenvalue weighted by molar-refractivity contribution is 0.139. The molecule has 0 aliphatic carbocycles. The van der Waals surface area contributed by atoms with Gasteiger partial charge in [0, 0.05) is 17.3 Å².